The third kappa shape index (κ3) is 17.2. The van der Waals surface area contributed by atoms with Crippen molar-refractivity contribution in [3.05, 3.63) is 108 Å². The summed E-state index contributed by atoms with van der Waals surface area (Å²) in [6, 6.07) is 16.3. The van der Waals surface area contributed by atoms with Crippen LogP contribution in [0.1, 0.15) is 56.2 Å². The fourth-order valence-corrected chi connectivity index (χ4v) is 10.3. The number of aliphatic hydroxyl groups excluding tert-OH is 3. The number of ketones is 1. The Hall–Kier alpha value is -5.81. The molecule has 5 rings (SSSR count). The Morgan fingerprint density at radius 2 is 1.41 bits per heavy atom. The van der Waals surface area contributed by atoms with Gasteiger partial charge in [-0.05, 0) is 62.4 Å². The first kappa shape index (κ1) is 56.1. The molecule has 1 aromatic heterocycles. The van der Waals surface area contributed by atoms with Crippen molar-refractivity contribution >= 4 is 73.7 Å². The summed E-state index contributed by atoms with van der Waals surface area (Å²) in [4.78, 5) is 103. The van der Waals surface area contributed by atoms with E-state index in [4.69, 9.17) is 11.5 Å². The number of nitrogens with one attached hydrogen (secondary N) is 7. The maximum atomic E-state index is 14.8. The summed E-state index contributed by atoms with van der Waals surface area (Å²) in [6.45, 7) is 2.29. The van der Waals surface area contributed by atoms with Crippen LogP contribution in [0.2, 0.25) is 0 Å². The van der Waals surface area contributed by atoms with Crippen molar-refractivity contribution in [1.29, 1.82) is 0 Å². The van der Waals surface area contributed by atoms with Gasteiger partial charge >= 0.3 is 0 Å². The molecule has 14 N–H and O–H groups in total. The van der Waals surface area contributed by atoms with E-state index in [0.29, 0.717) is 30.5 Å². The van der Waals surface area contributed by atoms with Crippen molar-refractivity contribution in [2.45, 2.75) is 113 Å². The Balaban J connectivity index is 1.56. The van der Waals surface area contributed by atoms with Crippen LogP contribution in [0.4, 0.5) is 0 Å². The van der Waals surface area contributed by atoms with Crippen molar-refractivity contribution in [2.75, 3.05) is 24.7 Å². The Morgan fingerprint density at radius 1 is 0.761 bits per heavy atom. The number of amides is 6. The van der Waals surface area contributed by atoms with E-state index in [9.17, 15) is 48.9 Å². The standard InChI is InChI=1S/C50H67N9O10S2/c1-29(61)40(26-60)56-49(68)42-28-71-70-27-41(57-46(65)36(52)21-31-13-5-3-6-14-31)48(67)55-39(22-32-15-7-4-8-16-32)47(66)54-38(23-34-25-53-37-19-10-9-18-35(34)37)43(63)24-33(17-11-12-20-51)45(64)59-44(30(2)62)50(69)58-42/h3-10,13-16,18-19,25,29-30,33,36,38-42,44,53,60-62H,11-12,17,20-24,26-28,51-52H2,1-2H3,(H,54,66)(H,55,67)(H,56,68)(H,57,65)(H,58,69)(H,59,64)/t29-,30-,33-,36-,38-,39+,40-,41+,42+,44+/m1/s1. The zero-order chi connectivity index (χ0) is 51.5. The van der Waals surface area contributed by atoms with Gasteiger partial charge < -0.3 is 63.7 Å². The second-order valence-corrected chi connectivity index (χ2v) is 20.3. The van der Waals surface area contributed by atoms with E-state index in [1.54, 1.807) is 48.7 Å². The predicted molar refractivity (Wildman–Crippen MR) is 273 cm³/mol. The highest BCUT2D eigenvalue weighted by atomic mass is 33.1. The number of hydrogen-bond acceptors (Lipinski definition) is 14. The molecule has 1 fully saturated rings. The summed E-state index contributed by atoms with van der Waals surface area (Å²) in [7, 11) is 2.08. The molecule has 0 spiro atoms. The molecule has 0 saturated carbocycles. The molecule has 3 aromatic carbocycles. The molecule has 2 heterocycles. The SMILES string of the molecule is C[C@@H](O)[C@@H]1NC(=O)[C@H](CCCCN)CC(=O)[C@@H](Cc2c[nH]c3ccccc23)NC(=O)[C@H](Cc2ccccc2)NC(=O)[C@@H](NC(=O)[C@H](N)Cc2ccccc2)CSSC[C@@H](C(=O)N[C@H](CO)[C@@H](C)O)NC1=O. The summed E-state index contributed by atoms with van der Waals surface area (Å²) >= 11 is 0. The van der Waals surface area contributed by atoms with E-state index >= 15 is 0 Å². The topological polar surface area (TPSA) is 320 Å². The number of Topliss-reactive ketones (excluding diaryl/α,β-unsaturated/α-hetero) is 1. The molecule has 1 saturated heterocycles. The lowest BCUT2D eigenvalue weighted by Gasteiger charge is -2.29. The number of fused-ring (bicyclic) bond motifs is 1. The smallest absolute Gasteiger partial charge is 0.245 e. The Bertz CT molecular complexity index is 2390. The van der Waals surface area contributed by atoms with Crippen LogP contribution < -0.4 is 43.4 Å². The first-order chi connectivity index (χ1) is 34.1. The Kier molecular flexibility index (Phi) is 22.4. The minimum Gasteiger partial charge on any atom is -0.394 e. The van der Waals surface area contributed by atoms with Crippen LogP contribution in [0.3, 0.4) is 0 Å². The monoisotopic (exact) mass is 1020 g/mol. The number of para-hydroxylation sites is 1. The van der Waals surface area contributed by atoms with Crippen LogP contribution in [-0.4, -0.2) is 141 Å². The van der Waals surface area contributed by atoms with Gasteiger partial charge in [-0.15, -0.1) is 0 Å². The largest absolute Gasteiger partial charge is 0.394 e. The molecule has 6 amide bonds. The molecule has 0 aliphatic carbocycles. The third-order valence-corrected chi connectivity index (χ3v) is 14.6. The molecule has 0 radical (unpaired) electrons. The van der Waals surface area contributed by atoms with E-state index in [1.807, 2.05) is 42.5 Å². The lowest BCUT2D eigenvalue weighted by molar-refractivity contribution is -0.137. The van der Waals surface area contributed by atoms with Crippen molar-refractivity contribution in [3.8, 4) is 0 Å². The fourth-order valence-electron chi connectivity index (χ4n) is 7.99. The Morgan fingerprint density at radius 3 is 2.07 bits per heavy atom. The van der Waals surface area contributed by atoms with Crippen molar-refractivity contribution < 1.29 is 48.9 Å². The molecule has 384 valence electrons. The number of carbonyl (C=O) groups is 7. The van der Waals surface area contributed by atoms with E-state index in [1.165, 1.54) is 13.8 Å². The first-order valence-electron chi connectivity index (χ1n) is 23.7. The fraction of sp³-hybridized carbons (Fsp3) is 0.460. The molecule has 0 unspecified atom stereocenters. The van der Waals surface area contributed by atoms with E-state index in [0.717, 1.165) is 38.1 Å². The van der Waals surface area contributed by atoms with Gasteiger partial charge in [-0.2, -0.15) is 0 Å². The second-order valence-electron chi connectivity index (χ2n) is 17.8. The molecule has 1 aliphatic heterocycles. The normalized spacial score (nSPS) is 22.9. The van der Waals surface area contributed by atoms with Crippen LogP contribution in [0, 0.1) is 5.92 Å². The predicted octanol–water partition coefficient (Wildman–Crippen LogP) is 0.285. The zero-order valence-electron chi connectivity index (χ0n) is 39.9. The zero-order valence-corrected chi connectivity index (χ0v) is 41.5. The lowest BCUT2D eigenvalue weighted by atomic mass is 9.90. The third-order valence-electron chi connectivity index (χ3n) is 12.2. The number of unbranched alkanes of at least 4 members (excludes halogenated alkanes) is 1. The molecule has 1 aliphatic rings. The maximum absolute atomic E-state index is 14.8. The quantitative estimate of drug-likeness (QED) is 0.0500. The highest BCUT2D eigenvalue weighted by molar-refractivity contribution is 8.76. The van der Waals surface area contributed by atoms with Gasteiger partial charge in [0.1, 0.15) is 24.2 Å². The van der Waals surface area contributed by atoms with Crippen molar-refractivity contribution in [3.63, 3.8) is 0 Å². The van der Waals surface area contributed by atoms with E-state index in [2.05, 4.69) is 36.9 Å². The number of aromatic amines is 1. The van der Waals surface area contributed by atoms with Gasteiger partial charge in [-0.1, -0.05) is 107 Å². The molecule has 10 atom stereocenters. The number of aromatic nitrogens is 1. The highest BCUT2D eigenvalue weighted by Crippen LogP contribution is 2.25. The highest BCUT2D eigenvalue weighted by Gasteiger charge is 2.36. The lowest BCUT2D eigenvalue weighted by Crippen LogP contribution is -2.60. The molecule has 4 aromatic rings. The van der Waals surface area contributed by atoms with Crippen LogP contribution >= 0.6 is 21.6 Å². The molecular weight excluding hydrogens is 951 g/mol. The number of benzene rings is 3. The molecule has 0 bridgehead atoms. The summed E-state index contributed by atoms with van der Waals surface area (Å²) in [5.41, 5.74) is 15.1. The van der Waals surface area contributed by atoms with Gasteiger partial charge in [0.2, 0.25) is 35.4 Å². The van der Waals surface area contributed by atoms with Crippen LogP contribution in [0.5, 0.6) is 0 Å². The van der Waals surface area contributed by atoms with Crippen molar-refractivity contribution in [2.24, 2.45) is 17.4 Å². The minimum atomic E-state index is -1.62. The van der Waals surface area contributed by atoms with Gasteiger partial charge in [-0.25, -0.2) is 0 Å². The van der Waals surface area contributed by atoms with Crippen LogP contribution in [0.25, 0.3) is 10.9 Å². The number of nitrogens with two attached hydrogens (primary N) is 2. The van der Waals surface area contributed by atoms with Gasteiger partial charge in [0.05, 0.1) is 36.9 Å². The summed E-state index contributed by atoms with van der Waals surface area (Å²) in [5.74, 6) is -6.59. The Labute approximate surface area is 421 Å². The number of hydrogen-bond donors (Lipinski definition) is 12. The van der Waals surface area contributed by atoms with Crippen molar-refractivity contribution in [1.82, 2.24) is 36.9 Å². The summed E-state index contributed by atoms with van der Waals surface area (Å²) < 4.78 is 0. The summed E-state index contributed by atoms with van der Waals surface area (Å²) in [6.07, 6.45) is -0.202. The molecule has 21 heteroatoms. The molecule has 71 heavy (non-hydrogen) atoms. The van der Waals surface area contributed by atoms with Gasteiger partial charge in [-0.3, -0.25) is 33.6 Å². The number of carbonyl (C=O) groups excluding carboxylic acids is 7. The van der Waals surface area contributed by atoms with Crippen LogP contribution in [0.15, 0.2) is 91.1 Å². The summed E-state index contributed by atoms with van der Waals surface area (Å²) in [5, 5.41) is 48.0. The average molecular weight is 1020 g/mol. The second kappa shape index (κ2) is 28.3. The molecule has 19 nitrogen and oxygen atoms in total. The number of H-pyrrole nitrogens is 1. The van der Waals surface area contributed by atoms with Gasteiger partial charge in [0.15, 0.2) is 5.78 Å². The average Bonchev–Trinajstić information content (AvgIpc) is 3.76. The first-order valence-corrected chi connectivity index (χ1v) is 26.2. The number of aliphatic hydroxyl groups is 3. The van der Waals surface area contributed by atoms with Crippen LogP contribution in [-0.2, 0) is 52.8 Å². The molecular formula is C50H67N9O10S2. The van der Waals surface area contributed by atoms with Gasteiger partial charge in [0, 0.05) is 53.8 Å². The van der Waals surface area contributed by atoms with Gasteiger partial charge in [0.25, 0.3) is 0 Å². The van der Waals surface area contributed by atoms with E-state index < -0.39 is 115 Å². The minimum absolute atomic E-state index is 0.0159. The van der Waals surface area contributed by atoms with E-state index in [-0.39, 0.29) is 37.2 Å². The maximum Gasteiger partial charge on any atom is 0.245 e. The number of rotatable bonds is 17.